The number of carboxylic acid groups (broad SMARTS) is 1. The first kappa shape index (κ1) is 17.8. The lowest BCUT2D eigenvalue weighted by Gasteiger charge is -2.18. The maximum Gasteiger partial charge on any atom is 0.336 e. The van der Waals surface area contributed by atoms with Crippen molar-refractivity contribution in [3.8, 4) is 0 Å². The van der Waals surface area contributed by atoms with Gasteiger partial charge in [-0.15, -0.1) is 0 Å². The van der Waals surface area contributed by atoms with Crippen LogP contribution in [-0.2, 0) is 11.2 Å². The highest BCUT2D eigenvalue weighted by Crippen LogP contribution is 2.27. The van der Waals surface area contributed by atoms with E-state index in [9.17, 15) is 19.5 Å². The van der Waals surface area contributed by atoms with Crippen LogP contribution in [0.15, 0.2) is 12.1 Å². The first-order valence-corrected chi connectivity index (χ1v) is 7.20. The van der Waals surface area contributed by atoms with Crippen molar-refractivity contribution in [3.05, 3.63) is 28.8 Å². The Morgan fingerprint density at radius 1 is 1.23 bits per heavy atom. The van der Waals surface area contributed by atoms with Crippen molar-refractivity contribution in [1.82, 2.24) is 0 Å². The molecular formula is C16H22N2O4. The summed E-state index contributed by atoms with van der Waals surface area (Å²) in [6.07, 6.45) is 0.420. The number of hydrogen-bond acceptors (Lipinski definition) is 4. The van der Waals surface area contributed by atoms with Crippen molar-refractivity contribution in [2.75, 3.05) is 5.32 Å². The molecule has 4 N–H and O–H groups in total. The molecule has 0 aliphatic carbocycles. The summed E-state index contributed by atoms with van der Waals surface area (Å²) in [4.78, 5) is 35.6. The summed E-state index contributed by atoms with van der Waals surface area (Å²) in [6.45, 7) is 6.77. The molecule has 22 heavy (non-hydrogen) atoms. The Morgan fingerprint density at radius 3 is 2.23 bits per heavy atom. The molecule has 0 spiro atoms. The van der Waals surface area contributed by atoms with Crippen molar-refractivity contribution in [3.63, 3.8) is 0 Å². The molecule has 0 aliphatic rings. The monoisotopic (exact) mass is 306 g/mol. The van der Waals surface area contributed by atoms with Gasteiger partial charge in [0.25, 0.3) is 0 Å². The predicted octanol–water partition coefficient (Wildman–Crippen LogP) is 2.07. The summed E-state index contributed by atoms with van der Waals surface area (Å²) in [5.41, 5.74) is 6.59. The van der Waals surface area contributed by atoms with Gasteiger partial charge in [0, 0.05) is 17.2 Å². The second-order valence-electron chi connectivity index (χ2n) is 5.47. The van der Waals surface area contributed by atoms with E-state index in [0.29, 0.717) is 17.7 Å². The molecule has 0 aliphatic heterocycles. The normalized spacial score (nSPS) is 12.1. The zero-order valence-corrected chi connectivity index (χ0v) is 13.3. The minimum atomic E-state index is -1.16. The van der Waals surface area contributed by atoms with Gasteiger partial charge in [-0.05, 0) is 31.0 Å². The van der Waals surface area contributed by atoms with Crippen molar-refractivity contribution in [2.24, 2.45) is 11.7 Å². The van der Waals surface area contributed by atoms with E-state index in [1.165, 1.54) is 12.1 Å². The summed E-state index contributed by atoms with van der Waals surface area (Å²) >= 11 is 0. The van der Waals surface area contributed by atoms with Gasteiger partial charge < -0.3 is 16.2 Å². The highest BCUT2D eigenvalue weighted by Gasteiger charge is 2.24. The van der Waals surface area contributed by atoms with Crippen molar-refractivity contribution < 1.29 is 19.5 Å². The number of nitrogens with two attached hydrogens (primary N) is 1. The number of ketones is 1. The van der Waals surface area contributed by atoms with E-state index in [2.05, 4.69) is 5.32 Å². The highest BCUT2D eigenvalue weighted by molar-refractivity contribution is 6.09. The van der Waals surface area contributed by atoms with Gasteiger partial charge in [-0.3, -0.25) is 9.59 Å². The Hall–Kier alpha value is -2.21. The average Bonchev–Trinajstić information content (AvgIpc) is 2.45. The highest BCUT2D eigenvalue weighted by atomic mass is 16.4. The third kappa shape index (κ3) is 3.71. The van der Waals surface area contributed by atoms with Crippen LogP contribution in [0.3, 0.4) is 0 Å². The molecule has 0 aromatic heterocycles. The SMILES string of the molecule is CCc1c(NC(=O)[C@H](C)N)ccc(C(=O)O)c1C(=O)C(C)C. The number of amides is 1. The predicted molar refractivity (Wildman–Crippen MR) is 84.2 cm³/mol. The molecule has 0 saturated carbocycles. The molecule has 1 aromatic carbocycles. The Labute approximate surface area is 129 Å². The number of anilines is 1. The van der Waals surface area contributed by atoms with E-state index in [-0.39, 0.29) is 28.7 Å². The molecule has 0 saturated heterocycles. The molecule has 0 unspecified atom stereocenters. The number of Topliss-reactive ketones (excluding diaryl/α,β-unsaturated/α-hetero) is 1. The first-order chi connectivity index (χ1) is 10.2. The minimum Gasteiger partial charge on any atom is -0.478 e. The van der Waals surface area contributed by atoms with Crippen LogP contribution in [0, 0.1) is 5.92 Å². The quantitative estimate of drug-likeness (QED) is 0.697. The summed E-state index contributed by atoms with van der Waals surface area (Å²) < 4.78 is 0. The van der Waals surface area contributed by atoms with Crippen LogP contribution in [0.25, 0.3) is 0 Å². The molecule has 6 heteroatoms. The summed E-state index contributed by atoms with van der Waals surface area (Å²) in [7, 11) is 0. The molecule has 0 bridgehead atoms. The number of carbonyl (C=O) groups excluding carboxylic acids is 2. The van der Waals surface area contributed by atoms with Crippen LogP contribution in [-0.4, -0.2) is 28.8 Å². The van der Waals surface area contributed by atoms with Gasteiger partial charge in [0.15, 0.2) is 5.78 Å². The van der Waals surface area contributed by atoms with Gasteiger partial charge in [0.1, 0.15) is 0 Å². The van der Waals surface area contributed by atoms with E-state index < -0.39 is 12.0 Å². The molecule has 1 amide bonds. The van der Waals surface area contributed by atoms with Crippen LogP contribution in [0.4, 0.5) is 5.69 Å². The number of rotatable bonds is 6. The van der Waals surface area contributed by atoms with E-state index in [1.807, 2.05) is 0 Å². The number of aromatic carboxylic acids is 1. The van der Waals surface area contributed by atoms with Gasteiger partial charge in [-0.25, -0.2) is 4.79 Å². The van der Waals surface area contributed by atoms with E-state index in [4.69, 9.17) is 5.73 Å². The fourth-order valence-corrected chi connectivity index (χ4v) is 2.13. The van der Waals surface area contributed by atoms with Crippen molar-refractivity contribution >= 4 is 23.3 Å². The average molecular weight is 306 g/mol. The topological polar surface area (TPSA) is 109 Å². The second kappa shape index (κ2) is 7.17. The summed E-state index contributed by atoms with van der Waals surface area (Å²) in [6, 6.07) is 2.14. The Morgan fingerprint density at radius 2 is 1.82 bits per heavy atom. The lowest BCUT2D eigenvalue weighted by molar-refractivity contribution is -0.117. The Bertz CT molecular complexity index is 606. The smallest absolute Gasteiger partial charge is 0.336 e. The molecular weight excluding hydrogens is 284 g/mol. The molecule has 1 aromatic rings. The number of carboxylic acids is 1. The lowest BCUT2D eigenvalue weighted by Crippen LogP contribution is -2.33. The van der Waals surface area contributed by atoms with Gasteiger partial charge >= 0.3 is 5.97 Å². The molecule has 6 nitrogen and oxygen atoms in total. The van der Waals surface area contributed by atoms with Crippen molar-refractivity contribution in [2.45, 2.75) is 40.2 Å². The standard InChI is InChI=1S/C16H22N2O4/c1-5-10-12(18-15(20)9(4)17)7-6-11(16(21)22)13(10)14(19)8(2)3/h6-9H,5,17H2,1-4H3,(H,18,20)(H,21,22)/t9-/m0/s1. The van der Waals surface area contributed by atoms with Crippen LogP contribution < -0.4 is 11.1 Å². The number of benzene rings is 1. The molecule has 0 heterocycles. The van der Waals surface area contributed by atoms with E-state index in [0.717, 1.165) is 0 Å². The maximum absolute atomic E-state index is 12.4. The number of hydrogen-bond donors (Lipinski definition) is 3. The number of carbonyl (C=O) groups is 3. The fourth-order valence-electron chi connectivity index (χ4n) is 2.13. The second-order valence-corrected chi connectivity index (χ2v) is 5.47. The van der Waals surface area contributed by atoms with Gasteiger partial charge in [0.2, 0.25) is 5.91 Å². The van der Waals surface area contributed by atoms with Crippen molar-refractivity contribution in [1.29, 1.82) is 0 Å². The Kier molecular flexibility index (Phi) is 5.82. The van der Waals surface area contributed by atoms with Crippen LogP contribution in [0.1, 0.15) is 54.0 Å². The largest absolute Gasteiger partial charge is 0.478 e. The molecule has 1 rings (SSSR count). The zero-order chi connectivity index (χ0) is 17.0. The first-order valence-electron chi connectivity index (χ1n) is 7.20. The van der Waals surface area contributed by atoms with Gasteiger partial charge in [0.05, 0.1) is 11.6 Å². The fraction of sp³-hybridized carbons (Fsp3) is 0.438. The molecule has 120 valence electrons. The van der Waals surface area contributed by atoms with E-state index in [1.54, 1.807) is 27.7 Å². The number of nitrogens with one attached hydrogen (secondary N) is 1. The van der Waals surface area contributed by atoms with Crippen LogP contribution >= 0.6 is 0 Å². The van der Waals surface area contributed by atoms with Gasteiger partial charge in [-0.2, -0.15) is 0 Å². The third-order valence-electron chi connectivity index (χ3n) is 3.34. The summed E-state index contributed by atoms with van der Waals surface area (Å²) in [5, 5.41) is 12.0. The molecule has 0 fully saturated rings. The maximum atomic E-state index is 12.4. The third-order valence-corrected chi connectivity index (χ3v) is 3.34. The zero-order valence-electron chi connectivity index (χ0n) is 13.3. The molecule has 1 atom stereocenters. The van der Waals surface area contributed by atoms with Crippen LogP contribution in [0.2, 0.25) is 0 Å². The lowest BCUT2D eigenvalue weighted by atomic mass is 9.89. The van der Waals surface area contributed by atoms with Crippen LogP contribution in [0.5, 0.6) is 0 Å². The van der Waals surface area contributed by atoms with E-state index >= 15 is 0 Å². The Balaban J connectivity index is 3.51. The molecule has 0 radical (unpaired) electrons. The minimum absolute atomic E-state index is 0.0469. The van der Waals surface area contributed by atoms with Gasteiger partial charge in [-0.1, -0.05) is 20.8 Å². The summed E-state index contributed by atoms with van der Waals surface area (Å²) in [5.74, 6) is -2.15.